The summed E-state index contributed by atoms with van der Waals surface area (Å²) >= 11 is 12.5. The summed E-state index contributed by atoms with van der Waals surface area (Å²) in [6.45, 7) is 9.10. The van der Waals surface area contributed by atoms with E-state index in [1.165, 1.54) is 0 Å². The zero-order chi connectivity index (χ0) is 23.3. The van der Waals surface area contributed by atoms with Gasteiger partial charge in [-0.25, -0.2) is 0 Å². The van der Waals surface area contributed by atoms with Crippen molar-refractivity contribution in [3.63, 3.8) is 0 Å². The number of para-hydroxylation sites is 1. The van der Waals surface area contributed by atoms with Crippen molar-refractivity contribution in [3.8, 4) is 17.3 Å². The summed E-state index contributed by atoms with van der Waals surface area (Å²) in [5, 5.41) is 12.1. The number of nitrogens with zero attached hydrogens (tertiary/aromatic N) is 2. The zero-order valence-corrected chi connectivity index (χ0v) is 20.2. The number of carbonyl (C=O) groups excluding carboxylic acids is 1. The van der Waals surface area contributed by atoms with Crippen molar-refractivity contribution in [1.29, 1.82) is 0 Å². The van der Waals surface area contributed by atoms with Crippen molar-refractivity contribution < 1.29 is 9.53 Å². The third-order valence-corrected chi connectivity index (χ3v) is 5.19. The Labute approximate surface area is 198 Å². The molecule has 0 aliphatic rings. The lowest BCUT2D eigenvalue weighted by Gasteiger charge is -2.14. The Kier molecular flexibility index (Phi) is 8.18. The van der Waals surface area contributed by atoms with Crippen molar-refractivity contribution >= 4 is 29.1 Å². The Balaban J connectivity index is 2.14. The van der Waals surface area contributed by atoms with E-state index in [1.54, 1.807) is 35.0 Å². The average Bonchev–Trinajstić information content (AvgIpc) is 3.10. The van der Waals surface area contributed by atoms with E-state index in [9.17, 15) is 4.79 Å². The molecule has 3 rings (SSSR count). The molecule has 8 heteroatoms. The number of carbonyl (C=O) groups is 1. The number of aromatic nitrogens is 2. The fraction of sp³-hybridized carbons (Fsp3) is 0.333. The standard InChI is InChI=1S/C24H28Cl2N4O2/c1-15(2)13-28-23(31)22-19(14-27-16(3)4)24(32-18-11-9-17(25)10-12-18)30(29-22)21-8-6-5-7-20(21)26/h5-12,15-16,27H,13-14H2,1-4H3,(H,28,31). The summed E-state index contributed by atoms with van der Waals surface area (Å²) in [7, 11) is 0. The van der Waals surface area contributed by atoms with Crippen LogP contribution in [-0.4, -0.2) is 28.3 Å². The van der Waals surface area contributed by atoms with Gasteiger partial charge in [0.1, 0.15) is 5.75 Å². The van der Waals surface area contributed by atoms with Crippen LogP contribution in [0.1, 0.15) is 43.7 Å². The number of hydrogen-bond donors (Lipinski definition) is 2. The number of nitrogens with one attached hydrogen (secondary N) is 2. The highest BCUT2D eigenvalue weighted by Crippen LogP contribution is 2.33. The number of benzene rings is 2. The first-order chi connectivity index (χ1) is 15.3. The molecule has 170 valence electrons. The topological polar surface area (TPSA) is 68.2 Å². The highest BCUT2D eigenvalue weighted by atomic mass is 35.5. The third-order valence-electron chi connectivity index (χ3n) is 4.62. The molecule has 32 heavy (non-hydrogen) atoms. The quantitative estimate of drug-likeness (QED) is 0.407. The zero-order valence-electron chi connectivity index (χ0n) is 18.7. The van der Waals surface area contributed by atoms with Crippen LogP contribution in [0.5, 0.6) is 11.6 Å². The van der Waals surface area contributed by atoms with Crippen molar-refractivity contribution in [3.05, 3.63) is 69.8 Å². The molecular formula is C24H28Cl2N4O2. The van der Waals surface area contributed by atoms with E-state index in [4.69, 9.17) is 27.9 Å². The molecule has 0 bridgehead atoms. The van der Waals surface area contributed by atoms with Crippen LogP contribution in [0.25, 0.3) is 5.69 Å². The van der Waals surface area contributed by atoms with Gasteiger partial charge >= 0.3 is 0 Å². The van der Waals surface area contributed by atoms with Gasteiger partial charge < -0.3 is 15.4 Å². The van der Waals surface area contributed by atoms with Gasteiger partial charge in [-0.05, 0) is 42.3 Å². The van der Waals surface area contributed by atoms with E-state index in [0.717, 1.165) is 0 Å². The van der Waals surface area contributed by atoms with Crippen molar-refractivity contribution in [2.45, 2.75) is 40.3 Å². The number of rotatable bonds is 9. The number of hydrogen-bond acceptors (Lipinski definition) is 4. The summed E-state index contributed by atoms with van der Waals surface area (Å²) in [6, 6.07) is 14.5. The van der Waals surface area contributed by atoms with Crippen molar-refractivity contribution in [1.82, 2.24) is 20.4 Å². The van der Waals surface area contributed by atoms with Crippen LogP contribution < -0.4 is 15.4 Å². The maximum atomic E-state index is 13.1. The lowest BCUT2D eigenvalue weighted by Crippen LogP contribution is -2.30. The molecule has 0 aliphatic carbocycles. The maximum absolute atomic E-state index is 13.1. The molecule has 0 fully saturated rings. The third kappa shape index (κ3) is 6.03. The van der Waals surface area contributed by atoms with Crippen LogP contribution in [0, 0.1) is 5.92 Å². The van der Waals surface area contributed by atoms with Gasteiger partial charge in [-0.2, -0.15) is 9.78 Å². The first-order valence-corrected chi connectivity index (χ1v) is 11.3. The largest absolute Gasteiger partial charge is 0.439 e. The SMILES string of the molecule is CC(C)CNC(=O)c1nn(-c2ccccc2Cl)c(Oc2ccc(Cl)cc2)c1CNC(C)C. The van der Waals surface area contributed by atoms with E-state index < -0.39 is 0 Å². The molecule has 1 aromatic heterocycles. The van der Waals surface area contributed by atoms with Gasteiger partial charge in [0.25, 0.3) is 5.91 Å². The Morgan fingerprint density at radius 1 is 1.06 bits per heavy atom. The highest BCUT2D eigenvalue weighted by molar-refractivity contribution is 6.32. The van der Waals surface area contributed by atoms with Crippen LogP contribution in [0.15, 0.2) is 48.5 Å². The lowest BCUT2D eigenvalue weighted by atomic mass is 10.2. The molecule has 0 spiro atoms. The predicted molar refractivity (Wildman–Crippen MR) is 129 cm³/mol. The molecule has 0 radical (unpaired) electrons. The maximum Gasteiger partial charge on any atom is 0.272 e. The lowest BCUT2D eigenvalue weighted by molar-refractivity contribution is 0.0942. The molecule has 2 N–H and O–H groups in total. The minimum atomic E-state index is -0.258. The van der Waals surface area contributed by atoms with E-state index in [-0.39, 0.29) is 11.9 Å². The van der Waals surface area contributed by atoms with Gasteiger partial charge in [0, 0.05) is 24.2 Å². The molecule has 3 aromatic rings. The second-order valence-corrected chi connectivity index (χ2v) is 9.03. The summed E-state index contributed by atoms with van der Waals surface area (Å²) < 4.78 is 7.84. The summed E-state index contributed by atoms with van der Waals surface area (Å²) in [4.78, 5) is 13.1. The summed E-state index contributed by atoms with van der Waals surface area (Å²) in [5.74, 6) is 1.04. The molecule has 1 amide bonds. The van der Waals surface area contributed by atoms with E-state index in [2.05, 4.69) is 15.7 Å². The van der Waals surface area contributed by atoms with Crippen molar-refractivity contribution in [2.24, 2.45) is 5.92 Å². The summed E-state index contributed by atoms with van der Waals surface area (Å²) in [5.41, 5.74) is 1.56. The van der Waals surface area contributed by atoms with Crippen LogP contribution >= 0.6 is 23.2 Å². The molecule has 0 saturated carbocycles. The molecule has 2 aromatic carbocycles. The highest BCUT2D eigenvalue weighted by Gasteiger charge is 2.26. The number of amides is 1. The second kappa shape index (κ2) is 10.9. The van der Waals surface area contributed by atoms with E-state index >= 15 is 0 Å². The van der Waals surface area contributed by atoms with Gasteiger partial charge in [0.15, 0.2) is 5.69 Å². The van der Waals surface area contributed by atoms with Crippen LogP contribution in [0.4, 0.5) is 0 Å². The molecule has 0 saturated heterocycles. The van der Waals surface area contributed by atoms with Gasteiger partial charge in [-0.1, -0.05) is 63.0 Å². The van der Waals surface area contributed by atoms with Gasteiger partial charge in [-0.3, -0.25) is 4.79 Å². The predicted octanol–water partition coefficient (Wildman–Crippen LogP) is 5.86. The number of halogens is 2. The minimum absolute atomic E-state index is 0.202. The normalized spacial score (nSPS) is 11.2. The average molecular weight is 475 g/mol. The van der Waals surface area contributed by atoms with E-state index in [1.807, 2.05) is 45.9 Å². The van der Waals surface area contributed by atoms with Gasteiger partial charge in [0.05, 0.1) is 16.3 Å². The molecule has 6 nitrogen and oxygen atoms in total. The van der Waals surface area contributed by atoms with Crippen LogP contribution in [0.3, 0.4) is 0 Å². The summed E-state index contributed by atoms with van der Waals surface area (Å²) in [6.07, 6.45) is 0. The van der Waals surface area contributed by atoms with Crippen LogP contribution in [0.2, 0.25) is 10.0 Å². The molecule has 0 aliphatic heterocycles. The Morgan fingerprint density at radius 2 is 1.75 bits per heavy atom. The molecule has 0 unspecified atom stereocenters. The first-order valence-electron chi connectivity index (χ1n) is 10.6. The Morgan fingerprint density at radius 3 is 2.38 bits per heavy atom. The number of ether oxygens (including phenoxy) is 1. The van der Waals surface area contributed by atoms with Crippen molar-refractivity contribution in [2.75, 3.05) is 6.54 Å². The van der Waals surface area contributed by atoms with Gasteiger partial charge in [0.2, 0.25) is 5.88 Å². The second-order valence-electron chi connectivity index (χ2n) is 8.19. The van der Waals surface area contributed by atoms with Crippen LogP contribution in [-0.2, 0) is 6.54 Å². The van der Waals surface area contributed by atoms with Gasteiger partial charge in [-0.15, -0.1) is 0 Å². The fourth-order valence-electron chi connectivity index (χ4n) is 2.97. The monoisotopic (exact) mass is 474 g/mol. The minimum Gasteiger partial charge on any atom is -0.439 e. The van der Waals surface area contributed by atoms with E-state index in [0.29, 0.717) is 57.6 Å². The Hall–Kier alpha value is -2.54. The fourth-order valence-corrected chi connectivity index (χ4v) is 3.31. The molecular weight excluding hydrogens is 447 g/mol. The molecule has 1 heterocycles. The first kappa shape index (κ1) is 24.1. The Bertz CT molecular complexity index is 1060. The smallest absolute Gasteiger partial charge is 0.272 e. The molecule has 0 atom stereocenters.